The van der Waals surface area contributed by atoms with Gasteiger partial charge in [0.1, 0.15) is 0 Å². The Morgan fingerprint density at radius 1 is 0.868 bits per heavy atom. The van der Waals surface area contributed by atoms with E-state index in [9.17, 15) is 14.4 Å². The van der Waals surface area contributed by atoms with E-state index in [2.05, 4.69) is 60.6 Å². The van der Waals surface area contributed by atoms with Crippen molar-refractivity contribution < 1.29 is 23.9 Å². The molecule has 5 heteroatoms. The van der Waals surface area contributed by atoms with Gasteiger partial charge in [-0.05, 0) is 96.5 Å². The molecule has 3 unspecified atom stereocenters. The molecule has 216 valence electrons. The minimum atomic E-state index is -1.08. The molecule has 0 fully saturated rings. The lowest BCUT2D eigenvalue weighted by molar-refractivity contribution is -0.164. The third-order valence-electron chi connectivity index (χ3n) is 7.31. The minimum absolute atomic E-state index is 0.0393. The van der Waals surface area contributed by atoms with E-state index in [0.717, 1.165) is 63.4 Å². The number of carbonyl (C=O) groups is 3. The Bertz CT molecular complexity index is 780. The summed E-state index contributed by atoms with van der Waals surface area (Å²) >= 11 is 0. The Hall–Kier alpha value is -2.17. The van der Waals surface area contributed by atoms with Crippen molar-refractivity contribution in [3.05, 3.63) is 34.9 Å². The molecule has 0 aromatic rings. The van der Waals surface area contributed by atoms with Crippen LogP contribution in [0.15, 0.2) is 34.9 Å². The van der Waals surface area contributed by atoms with E-state index in [4.69, 9.17) is 9.47 Å². The van der Waals surface area contributed by atoms with Crippen LogP contribution in [0, 0.1) is 23.7 Å². The van der Waals surface area contributed by atoms with Crippen LogP contribution in [0.2, 0.25) is 0 Å². The van der Waals surface area contributed by atoms with Gasteiger partial charge in [0, 0.05) is 12.3 Å². The van der Waals surface area contributed by atoms with Gasteiger partial charge in [0.15, 0.2) is 11.7 Å². The zero-order valence-electron chi connectivity index (χ0n) is 25.3. The fourth-order valence-electron chi connectivity index (χ4n) is 4.71. The Morgan fingerprint density at radius 3 is 1.82 bits per heavy atom. The van der Waals surface area contributed by atoms with Crippen LogP contribution in [0.1, 0.15) is 119 Å². The number of unbranched alkanes of at least 4 members (excludes halogenated alkanes) is 2. The van der Waals surface area contributed by atoms with Crippen LogP contribution < -0.4 is 0 Å². The number of hydrogen-bond acceptors (Lipinski definition) is 5. The lowest BCUT2D eigenvalue weighted by Crippen LogP contribution is -2.34. The van der Waals surface area contributed by atoms with E-state index in [-0.39, 0.29) is 25.4 Å². The molecular weight excluding hydrogens is 476 g/mol. The van der Waals surface area contributed by atoms with Crippen LogP contribution in [-0.2, 0) is 23.9 Å². The van der Waals surface area contributed by atoms with Crippen LogP contribution in [-0.4, -0.2) is 30.9 Å². The van der Waals surface area contributed by atoms with Gasteiger partial charge in [-0.15, -0.1) is 0 Å². The van der Waals surface area contributed by atoms with Gasteiger partial charge in [-0.2, -0.15) is 0 Å². The molecule has 0 spiro atoms. The Balaban J connectivity index is 2.76. The SMILES string of the molecule is CCCCCC1=CC(C(C(=O)OCCC(C)CCC=C(C)C)C(=O)OCCC(C)CCC=C(C)C)CC1=O. The standard InChI is InChI=1S/C33H54O5/c1-8-9-10-17-28-22-29(23-30(28)34)31(32(35)37-20-18-26(6)15-11-13-24(2)3)33(36)38-21-19-27(7)16-12-14-25(4)5/h13-14,22,26-27,29,31H,8-12,15-21,23H2,1-7H3. The third-order valence-corrected chi connectivity index (χ3v) is 7.31. The van der Waals surface area contributed by atoms with Crippen molar-refractivity contribution in [3.63, 3.8) is 0 Å². The quantitative estimate of drug-likeness (QED) is 0.0726. The molecule has 1 rings (SSSR count). The first kappa shape index (κ1) is 33.9. The second-order valence-corrected chi connectivity index (χ2v) is 11.8. The van der Waals surface area contributed by atoms with Crippen molar-refractivity contribution >= 4 is 17.7 Å². The van der Waals surface area contributed by atoms with Crippen LogP contribution in [0.4, 0.5) is 0 Å². The molecule has 0 amide bonds. The number of Topliss-reactive ketones (excluding diaryl/α,β-unsaturated/α-hetero) is 1. The van der Waals surface area contributed by atoms with Crippen molar-refractivity contribution in [2.24, 2.45) is 23.7 Å². The summed E-state index contributed by atoms with van der Waals surface area (Å²) in [6, 6.07) is 0. The maximum absolute atomic E-state index is 13.2. The predicted octanol–water partition coefficient (Wildman–Crippen LogP) is 8.33. The molecule has 5 nitrogen and oxygen atoms in total. The summed E-state index contributed by atoms with van der Waals surface area (Å²) in [4.78, 5) is 39.0. The first-order valence-corrected chi connectivity index (χ1v) is 14.9. The number of ketones is 1. The smallest absolute Gasteiger partial charge is 0.320 e. The van der Waals surface area contributed by atoms with Crippen molar-refractivity contribution in [3.8, 4) is 0 Å². The molecule has 0 aromatic heterocycles. The van der Waals surface area contributed by atoms with Gasteiger partial charge in [0.25, 0.3) is 0 Å². The topological polar surface area (TPSA) is 69.7 Å². The molecule has 0 heterocycles. The van der Waals surface area contributed by atoms with Crippen LogP contribution in [0.3, 0.4) is 0 Å². The Morgan fingerprint density at radius 2 is 1.37 bits per heavy atom. The number of esters is 2. The highest BCUT2D eigenvalue weighted by Gasteiger charge is 2.41. The van der Waals surface area contributed by atoms with Crippen LogP contribution in [0.5, 0.6) is 0 Å². The monoisotopic (exact) mass is 530 g/mol. The van der Waals surface area contributed by atoms with E-state index < -0.39 is 23.8 Å². The fourth-order valence-corrected chi connectivity index (χ4v) is 4.71. The first-order valence-electron chi connectivity index (χ1n) is 14.9. The van der Waals surface area contributed by atoms with Gasteiger partial charge in [0.05, 0.1) is 13.2 Å². The van der Waals surface area contributed by atoms with Gasteiger partial charge in [-0.1, -0.05) is 63.0 Å². The number of hydrogen-bond donors (Lipinski definition) is 0. The summed E-state index contributed by atoms with van der Waals surface area (Å²) in [5.74, 6) is -1.82. The van der Waals surface area contributed by atoms with Crippen molar-refractivity contribution in [2.45, 2.75) is 119 Å². The lowest BCUT2D eigenvalue weighted by atomic mass is 9.91. The van der Waals surface area contributed by atoms with Gasteiger partial charge in [0.2, 0.25) is 0 Å². The normalized spacial score (nSPS) is 17.3. The third kappa shape index (κ3) is 14.1. The zero-order valence-corrected chi connectivity index (χ0v) is 25.3. The summed E-state index contributed by atoms with van der Waals surface area (Å²) in [5.41, 5.74) is 3.36. The fraction of sp³-hybridized carbons (Fsp3) is 0.727. The summed E-state index contributed by atoms with van der Waals surface area (Å²) < 4.78 is 11.2. The van der Waals surface area contributed by atoms with E-state index >= 15 is 0 Å². The molecule has 0 N–H and O–H groups in total. The second kappa shape index (κ2) is 19.0. The summed E-state index contributed by atoms with van der Waals surface area (Å²) in [5, 5.41) is 0. The average molecular weight is 531 g/mol. The van der Waals surface area contributed by atoms with E-state index in [1.165, 1.54) is 11.1 Å². The van der Waals surface area contributed by atoms with Crippen LogP contribution in [0.25, 0.3) is 0 Å². The highest BCUT2D eigenvalue weighted by atomic mass is 16.6. The van der Waals surface area contributed by atoms with E-state index in [1.807, 2.05) is 6.08 Å². The molecule has 0 saturated heterocycles. The number of carbonyl (C=O) groups excluding carboxylic acids is 3. The van der Waals surface area contributed by atoms with Gasteiger partial charge < -0.3 is 9.47 Å². The summed E-state index contributed by atoms with van der Waals surface area (Å²) in [7, 11) is 0. The molecule has 0 aromatic carbocycles. The maximum Gasteiger partial charge on any atom is 0.320 e. The molecule has 1 aliphatic rings. The predicted molar refractivity (Wildman–Crippen MR) is 156 cm³/mol. The van der Waals surface area contributed by atoms with Gasteiger partial charge in [-0.25, -0.2) is 0 Å². The summed E-state index contributed by atoms with van der Waals surface area (Å²) in [6.07, 6.45) is 15.8. The minimum Gasteiger partial charge on any atom is -0.465 e. The van der Waals surface area contributed by atoms with E-state index in [1.54, 1.807) is 0 Å². The zero-order chi connectivity index (χ0) is 28.5. The second-order valence-electron chi connectivity index (χ2n) is 11.8. The van der Waals surface area contributed by atoms with Crippen LogP contribution >= 0.6 is 0 Å². The van der Waals surface area contributed by atoms with Gasteiger partial charge >= 0.3 is 11.9 Å². The molecular formula is C33H54O5. The van der Waals surface area contributed by atoms with Crippen molar-refractivity contribution in [1.29, 1.82) is 0 Å². The molecule has 3 atom stereocenters. The number of ether oxygens (including phenoxy) is 2. The summed E-state index contributed by atoms with van der Waals surface area (Å²) in [6.45, 7) is 15.3. The Labute approximate surface area is 232 Å². The number of allylic oxidation sites excluding steroid dienone is 6. The molecule has 0 saturated carbocycles. The van der Waals surface area contributed by atoms with E-state index in [0.29, 0.717) is 18.3 Å². The average Bonchev–Trinajstić information content (AvgIpc) is 3.18. The maximum atomic E-state index is 13.2. The highest BCUT2D eigenvalue weighted by molar-refractivity contribution is 6.01. The molecule has 0 bridgehead atoms. The Kier molecular flexibility index (Phi) is 16.9. The van der Waals surface area contributed by atoms with Crippen molar-refractivity contribution in [2.75, 3.05) is 13.2 Å². The molecule has 1 aliphatic carbocycles. The largest absolute Gasteiger partial charge is 0.465 e. The molecule has 0 aliphatic heterocycles. The van der Waals surface area contributed by atoms with Gasteiger partial charge in [-0.3, -0.25) is 14.4 Å². The lowest BCUT2D eigenvalue weighted by Gasteiger charge is -2.20. The first-order chi connectivity index (χ1) is 18.0. The van der Waals surface area contributed by atoms with Crippen molar-refractivity contribution in [1.82, 2.24) is 0 Å². The number of rotatable bonds is 19. The molecule has 0 radical (unpaired) electrons. The molecule has 38 heavy (non-hydrogen) atoms. The highest BCUT2D eigenvalue weighted by Crippen LogP contribution is 2.32.